The van der Waals surface area contributed by atoms with Crippen molar-refractivity contribution in [2.75, 3.05) is 5.75 Å². The number of Topliss-reactive ketones (excluding diaryl/α,β-unsaturated/α-hetero) is 1. The van der Waals surface area contributed by atoms with E-state index in [0.29, 0.717) is 5.56 Å². The first kappa shape index (κ1) is 27.4. The van der Waals surface area contributed by atoms with E-state index in [0.717, 1.165) is 5.56 Å². The molecule has 2 unspecified atom stereocenters. The number of rotatable bonds is 9. The van der Waals surface area contributed by atoms with Crippen LogP contribution in [0.1, 0.15) is 42.3 Å². The number of ketones is 1. The van der Waals surface area contributed by atoms with E-state index < -0.39 is 52.4 Å². The molecule has 0 spiro atoms. The van der Waals surface area contributed by atoms with Crippen molar-refractivity contribution in [3.05, 3.63) is 65.2 Å². The Hall–Kier alpha value is -3.17. The van der Waals surface area contributed by atoms with Gasteiger partial charge in [-0.05, 0) is 44.9 Å². The summed E-state index contributed by atoms with van der Waals surface area (Å²) in [6.45, 7) is 6.45. The third kappa shape index (κ3) is 6.14. The summed E-state index contributed by atoms with van der Waals surface area (Å²) in [4.78, 5) is 50.0. The molecule has 192 valence electrons. The van der Waals surface area contributed by atoms with E-state index in [1.807, 2.05) is 30.3 Å². The summed E-state index contributed by atoms with van der Waals surface area (Å²) in [5, 5.41) is 23.7. The van der Waals surface area contributed by atoms with E-state index in [2.05, 4.69) is 5.32 Å². The van der Waals surface area contributed by atoms with Crippen molar-refractivity contribution in [2.45, 2.75) is 51.0 Å². The zero-order valence-corrected chi connectivity index (χ0v) is 21.5. The molecule has 0 bridgehead atoms. The first-order valence-corrected chi connectivity index (χ1v) is 12.6. The molecule has 1 saturated heterocycles. The molecule has 0 aromatic heterocycles. The number of hydrogen-bond acceptors (Lipinski definition) is 7. The van der Waals surface area contributed by atoms with Crippen LogP contribution in [0.2, 0.25) is 0 Å². The zero-order chi connectivity index (χ0) is 26.6. The molecule has 0 radical (unpaired) electrons. The fourth-order valence-corrected chi connectivity index (χ4v) is 6.00. The Labute approximate surface area is 214 Å². The molecule has 1 amide bonds. The zero-order valence-electron chi connectivity index (χ0n) is 20.7. The van der Waals surface area contributed by atoms with Gasteiger partial charge in [-0.15, -0.1) is 0 Å². The topological polar surface area (TPSA) is 130 Å². The smallest absolute Gasteiger partial charge is 0.308 e. The van der Waals surface area contributed by atoms with Gasteiger partial charge < -0.3 is 20.3 Å². The second-order valence-electron chi connectivity index (χ2n) is 9.48. The summed E-state index contributed by atoms with van der Waals surface area (Å²) >= 11 is 1.38. The van der Waals surface area contributed by atoms with Crippen molar-refractivity contribution in [1.29, 1.82) is 0 Å². The Kier molecular flexibility index (Phi) is 8.58. The lowest BCUT2D eigenvalue weighted by Crippen LogP contribution is -2.51. The van der Waals surface area contributed by atoms with E-state index in [-0.39, 0.29) is 23.5 Å². The van der Waals surface area contributed by atoms with Gasteiger partial charge in [0.1, 0.15) is 11.9 Å². The van der Waals surface area contributed by atoms with Crippen molar-refractivity contribution < 1.29 is 34.1 Å². The number of carboxylic acids is 1. The average molecular weight is 514 g/mol. The molecule has 0 aliphatic carbocycles. The molecule has 0 saturated carbocycles. The maximum absolute atomic E-state index is 13.4. The van der Waals surface area contributed by atoms with Crippen LogP contribution in [0.15, 0.2) is 48.5 Å². The van der Waals surface area contributed by atoms with Gasteiger partial charge in [0, 0.05) is 34.5 Å². The van der Waals surface area contributed by atoms with Crippen molar-refractivity contribution >= 4 is 35.4 Å². The van der Waals surface area contributed by atoms with Gasteiger partial charge in [0.25, 0.3) is 5.91 Å². The molecule has 1 aliphatic rings. The second kappa shape index (κ2) is 11.3. The molecular weight excluding hydrogens is 482 g/mol. The molecule has 3 rings (SSSR count). The molecule has 1 fully saturated rings. The van der Waals surface area contributed by atoms with Gasteiger partial charge in [0.15, 0.2) is 5.78 Å². The normalized spacial score (nSPS) is 20.2. The van der Waals surface area contributed by atoms with Crippen molar-refractivity contribution in [3.8, 4) is 5.75 Å². The minimum Gasteiger partial charge on any atom is -0.481 e. The van der Waals surface area contributed by atoms with Crippen LogP contribution in [0, 0.1) is 18.8 Å². The van der Waals surface area contributed by atoms with Crippen LogP contribution in [-0.2, 0) is 20.8 Å². The van der Waals surface area contributed by atoms with E-state index in [1.54, 1.807) is 39.0 Å². The van der Waals surface area contributed by atoms with Crippen molar-refractivity contribution in [1.82, 2.24) is 5.32 Å². The van der Waals surface area contributed by atoms with E-state index in [9.17, 15) is 29.4 Å². The lowest BCUT2D eigenvalue weighted by Gasteiger charge is -2.29. The van der Waals surface area contributed by atoms with Gasteiger partial charge in [-0.3, -0.25) is 19.2 Å². The number of amides is 1. The first-order valence-electron chi connectivity index (χ1n) is 11.6. The van der Waals surface area contributed by atoms with Crippen LogP contribution in [0.3, 0.4) is 0 Å². The molecule has 2 aromatic rings. The Morgan fingerprint density at radius 3 is 2.39 bits per heavy atom. The van der Waals surface area contributed by atoms with Crippen LogP contribution in [0.5, 0.6) is 5.75 Å². The lowest BCUT2D eigenvalue weighted by molar-refractivity contribution is -0.149. The molecular formula is C27H31NO7S. The van der Waals surface area contributed by atoms with Gasteiger partial charge >= 0.3 is 11.9 Å². The average Bonchev–Trinajstić information content (AvgIpc) is 3.14. The van der Waals surface area contributed by atoms with Gasteiger partial charge in [-0.25, -0.2) is 0 Å². The Morgan fingerprint density at radius 2 is 1.78 bits per heavy atom. The quantitative estimate of drug-likeness (QED) is 0.345. The minimum absolute atomic E-state index is 0.156. The predicted octanol–water partition coefficient (Wildman–Crippen LogP) is 3.03. The highest BCUT2D eigenvalue weighted by Gasteiger charge is 2.52. The summed E-state index contributed by atoms with van der Waals surface area (Å²) in [5.74, 6) is -4.10. The number of aliphatic carboxylic acids is 1. The number of aliphatic hydroxyl groups is 1. The fourth-order valence-electron chi connectivity index (χ4n) is 4.59. The number of esters is 1. The lowest BCUT2D eigenvalue weighted by atomic mass is 9.79. The number of benzene rings is 2. The van der Waals surface area contributed by atoms with E-state index in [1.165, 1.54) is 18.7 Å². The SMILES string of the molecule is CC(=O)Oc1cccc(C(=O)NC(Cc2ccccc2)[C@H](O)C(=O)C2CSC(C)(C)[C@H]2C(=O)O)c1C. The number of thioether (sulfide) groups is 1. The summed E-state index contributed by atoms with van der Waals surface area (Å²) in [7, 11) is 0. The number of ether oxygens (including phenoxy) is 1. The maximum atomic E-state index is 13.4. The molecule has 1 heterocycles. The van der Waals surface area contributed by atoms with Gasteiger partial charge in [0.05, 0.1) is 12.0 Å². The molecule has 3 N–H and O–H groups in total. The summed E-state index contributed by atoms with van der Waals surface area (Å²) in [6.07, 6.45) is -1.46. The van der Waals surface area contributed by atoms with Gasteiger partial charge in [-0.1, -0.05) is 36.4 Å². The number of hydrogen-bond donors (Lipinski definition) is 3. The van der Waals surface area contributed by atoms with Gasteiger partial charge in [0.2, 0.25) is 0 Å². The highest BCUT2D eigenvalue weighted by Crippen LogP contribution is 2.47. The molecule has 1 aliphatic heterocycles. The number of carboxylic acid groups (broad SMARTS) is 1. The standard InChI is InChI=1S/C27H31NO7S/c1-15-18(11-8-12-21(15)35-16(2)29)25(32)28-20(13-17-9-6-5-7-10-17)24(31)23(30)19-14-36-27(3,4)22(19)26(33)34/h5-12,19-20,22,24,31H,13-14H2,1-4H3,(H,28,32)(H,33,34)/t19?,20?,22-,24+/m1/s1. The molecule has 36 heavy (non-hydrogen) atoms. The largest absolute Gasteiger partial charge is 0.481 e. The molecule has 2 aromatic carbocycles. The summed E-state index contributed by atoms with van der Waals surface area (Å²) < 4.78 is 4.49. The number of carbonyl (C=O) groups excluding carboxylic acids is 3. The minimum atomic E-state index is -1.62. The van der Waals surface area contributed by atoms with Gasteiger partial charge in [-0.2, -0.15) is 11.8 Å². The Bertz CT molecular complexity index is 1150. The Balaban J connectivity index is 1.89. The summed E-state index contributed by atoms with van der Waals surface area (Å²) in [5.41, 5.74) is 1.45. The van der Waals surface area contributed by atoms with Crippen LogP contribution in [0.25, 0.3) is 0 Å². The van der Waals surface area contributed by atoms with Crippen LogP contribution >= 0.6 is 11.8 Å². The van der Waals surface area contributed by atoms with E-state index >= 15 is 0 Å². The highest BCUT2D eigenvalue weighted by atomic mass is 32.2. The maximum Gasteiger partial charge on any atom is 0.308 e. The van der Waals surface area contributed by atoms with Crippen LogP contribution < -0.4 is 10.1 Å². The second-order valence-corrected chi connectivity index (χ2v) is 11.2. The first-order chi connectivity index (χ1) is 16.9. The van der Waals surface area contributed by atoms with Crippen LogP contribution in [-0.4, -0.2) is 56.5 Å². The Morgan fingerprint density at radius 1 is 1.11 bits per heavy atom. The highest BCUT2D eigenvalue weighted by molar-refractivity contribution is 8.01. The van der Waals surface area contributed by atoms with Crippen molar-refractivity contribution in [2.24, 2.45) is 11.8 Å². The third-order valence-electron chi connectivity index (χ3n) is 6.49. The fraction of sp³-hybridized carbons (Fsp3) is 0.407. The molecule has 4 atom stereocenters. The molecule has 8 nitrogen and oxygen atoms in total. The number of carbonyl (C=O) groups is 4. The summed E-state index contributed by atoms with van der Waals surface area (Å²) in [6, 6.07) is 12.8. The van der Waals surface area contributed by atoms with Crippen LogP contribution in [0.4, 0.5) is 0 Å². The third-order valence-corrected chi connectivity index (χ3v) is 8.01. The molecule has 9 heteroatoms. The monoisotopic (exact) mass is 513 g/mol. The predicted molar refractivity (Wildman–Crippen MR) is 136 cm³/mol. The number of aliphatic hydroxyl groups excluding tert-OH is 1. The van der Waals surface area contributed by atoms with E-state index in [4.69, 9.17) is 4.74 Å². The number of nitrogens with one attached hydrogen (secondary N) is 1. The van der Waals surface area contributed by atoms with Crippen molar-refractivity contribution in [3.63, 3.8) is 0 Å².